The number of para-hydroxylation sites is 2. The molecule has 0 fully saturated rings. The molecule has 0 bridgehead atoms. The molecule has 2 heterocycles. The Labute approximate surface area is 106 Å². The largest absolute Gasteiger partial charge is 0.353 e. The Bertz CT molecular complexity index is 671. The van der Waals surface area contributed by atoms with Gasteiger partial charge in [0.25, 0.3) is 0 Å². The number of alkyl halides is 1. The summed E-state index contributed by atoms with van der Waals surface area (Å²) >= 11 is 3.35. The number of hydrogen-bond acceptors (Lipinski definition) is 3. The highest BCUT2D eigenvalue weighted by atomic mass is 79.9. The number of benzene rings is 1. The van der Waals surface area contributed by atoms with E-state index >= 15 is 0 Å². The molecule has 0 amide bonds. The second kappa shape index (κ2) is 4.00. The van der Waals surface area contributed by atoms with E-state index in [0.717, 1.165) is 22.6 Å². The quantitative estimate of drug-likeness (QED) is 0.682. The molecule has 0 radical (unpaired) electrons. The van der Waals surface area contributed by atoms with Crippen LogP contribution in [0.5, 0.6) is 0 Å². The number of halogens is 1. The van der Waals surface area contributed by atoms with Crippen molar-refractivity contribution < 1.29 is 4.52 Å². The van der Waals surface area contributed by atoms with E-state index in [2.05, 4.69) is 26.1 Å². The number of fused-ring (bicyclic) bond motifs is 1. The number of aromatic nitrogens is 3. The van der Waals surface area contributed by atoms with Gasteiger partial charge >= 0.3 is 0 Å². The maximum atomic E-state index is 5.29. The normalized spacial score (nSPS) is 11.2. The fourth-order valence-corrected chi connectivity index (χ4v) is 2.11. The summed E-state index contributed by atoms with van der Waals surface area (Å²) in [7, 11) is 1.97. The van der Waals surface area contributed by atoms with Crippen LogP contribution in [0.2, 0.25) is 0 Å². The Kier molecular flexibility index (Phi) is 2.48. The van der Waals surface area contributed by atoms with Gasteiger partial charge < -0.3 is 9.09 Å². The monoisotopic (exact) mass is 291 g/mol. The van der Waals surface area contributed by atoms with Crippen molar-refractivity contribution in [1.82, 2.24) is 14.7 Å². The molecular formula is C12H10BrN3O. The van der Waals surface area contributed by atoms with Crippen LogP contribution in [0.4, 0.5) is 0 Å². The van der Waals surface area contributed by atoms with E-state index in [4.69, 9.17) is 4.52 Å². The average molecular weight is 292 g/mol. The molecule has 0 aliphatic carbocycles. The number of rotatable bonds is 2. The minimum absolute atomic E-state index is 0.681. The van der Waals surface area contributed by atoms with Gasteiger partial charge in [0.15, 0.2) is 5.82 Å². The maximum absolute atomic E-state index is 5.29. The van der Waals surface area contributed by atoms with Crippen LogP contribution in [0.1, 0.15) is 5.69 Å². The smallest absolute Gasteiger partial charge is 0.202 e. The first-order chi connectivity index (χ1) is 8.29. The summed E-state index contributed by atoms with van der Waals surface area (Å²) in [4.78, 5) is 4.54. The van der Waals surface area contributed by atoms with Crippen molar-refractivity contribution in [2.45, 2.75) is 5.33 Å². The molecule has 0 aliphatic heterocycles. The molecule has 0 aliphatic rings. The van der Waals surface area contributed by atoms with Gasteiger partial charge in [-0.05, 0) is 12.1 Å². The lowest BCUT2D eigenvalue weighted by atomic mass is 10.3. The minimum atomic E-state index is 0.681. The van der Waals surface area contributed by atoms with Crippen molar-refractivity contribution in [2.24, 2.45) is 7.05 Å². The van der Waals surface area contributed by atoms with Crippen molar-refractivity contribution >= 4 is 27.0 Å². The predicted octanol–water partition coefficient (Wildman–Crippen LogP) is 3.12. The van der Waals surface area contributed by atoms with Gasteiger partial charge in [0.2, 0.25) is 5.76 Å². The highest BCUT2D eigenvalue weighted by molar-refractivity contribution is 9.08. The molecule has 4 nitrogen and oxygen atoms in total. The van der Waals surface area contributed by atoms with E-state index in [0.29, 0.717) is 11.1 Å². The van der Waals surface area contributed by atoms with Gasteiger partial charge in [0.05, 0.1) is 16.7 Å². The highest BCUT2D eigenvalue weighted by Crippen LogP contribution is 2.24. The molecule has 0 spiro atoms. The molecule has 3 aromatic rings. The van der Waals surface area contributed by atoms with Crippen molar-refractivity contribution in [3.8, 4) is 11.6 Å². The molecule has 0 saturated heterocycles. The van der Waals surface area contributed by atoms with E-state index in [9.17, 15) is 0 Å². The fraction of sp³-hybridized carbons (Fsp3) is 0.167. The Morgan fingerprint density at radius 2 is 2.18 bits per heavy atom. The third kappa shape index (κ3) is 1.67. The van der Waals surface area contributed by atoms with Crippen LogP contribution in [0, 0.1) is 0 Å². The van der Waals surface area contributed by atoms with Crippen LogP contribution >= 0.6 is 15.9 Å². The van der Waals surface area contributed by atoms with E-state index < -0.39 is 0 Å². The van der Waals surface area contributed by atoms with Crippen LogP contribution < -0.4 is 0 Å². The van der Waals surface area contributed by atoms with Crippen LogP contribution in [0.25, 0.3) is 22.6 Å². The van der Waals surface area contributed by atoms with E-state index in [-0.39, 0.29) is 0 Å². The first-order valence-corrected chi connectivity index (χ1v) is 6.35. The third-order valence-electron chi connectivity index (χ3n) is 2.70. The molecule has 2 aromatic heterocycles. The van der Waals surface area contributed by atoms with Gasteiger partial charge in [-0.2, -0.15) is 0 Å². The lowest BCUT2D eigenvalue weighted by Gasteiger charge is -1.96. The molecule has 0 N–H and O–H groups in total. The van der Waals surface area contributed by atoms with Crippen LogP contribution in [0.15, 0.2) is 34.9 Å². The Morgan fingerprint density at radius 3 is 2.88 bits per heavy atom. The molecule has 5 heteroatoms. The van der Waals surface area contributed by atoms with Crippen molar-refractivity contribution in [2.75, 3.05) is 0 Å². The van der Waals surface area contributed by atoms with E-state index in [1.165, 1.54) is 0 Å². The standard InChI is InChI=1S/C12H10BrN3O/c1-16-10-5-3-2-4-9(10)14-12(16)11-6-8(7-13)15-17-11/h2-6H,7H2,1H3. The fourth-order valence-electron chi connectivity index (χ4n) is 1.85. The van der Waals surface area contributed by atoms with Gasteiger partial charge in [-0.15, -0.1) is 0 Å². The summed E-state index contributed by atoms with van der Waals surface area (Å²) < 4.78 is 7.30. The lowest BCUT2D eigenvalue weighted by molar-refractivity contribution is 0.423. The van der Waals surface area contributed by atoms with Crippen LogP contribution in [-0.4, -0.2) is 14.7 Å². The SMILES string of the molecule is Cn1c(-c2cc(CBr)no2)nc2ccccc21. The van der Waals surface area contributed by atoms with Gasteiger partial charge in [-0.3, -0.25) is 0 Å². The van der Waals surface area contributed by atoms with Crippen molar-refractivity contribution in [3.05, 3.63) is 36.0 Å². The first kappa shape index (κ1) is 10.5. The molecule has 86 valence electrons. The first-order valence-electron chi connectivity index (χ1n) is 5.23. The van der Waals surface area contributed by atoms with E-state index in [1.807, 2.05) is 41.9 Å². The highest BCUT2D eigenvalue weighted by Gasteiger charge is 2.13. The van der Waals surface area contributed by atoms with E-state index in [1.54, 1.807) is 0 Å². The van der Waals surface area contributed by atoms with Crippen molar-refractivity contribution in [3.63, 3.8) is 0 Å². The maximum Gasteiger partial charge on any atom is 0.202 e. The lowest BCUT2D eigenvalue weighted by Crippen LogP contribution is -1.90. The second-order valence-electron chi connectivity index (χ2n) is 3.80. The molecule has 0 saturated carbocycles. The summed E-state index contributed by atoms with van der Waals surface area (Å²) in [5, 5.41) is 4.63. The Balaban J connectivity index is 2.20. The zero-order chi connectivity index (χ0) is 11.8. The predicted molar refractivity (Wildman–Crippen MR) is 68.8 cm³/mol. The zero-order valence-corrected chi connectivity index (χ0v) is 10.8. The molecule has 1 aromatic carbocycles. The topological polar surface area (TPSA) is 43.9 Å². The van der Waals surface area contributed by atoms with Gasteiger partial charge in [-0.25, -0.2) is 4.98 Å². The number of aryl methyl sites for hydroxylation is 1. The summed E-state index contributed by atoms with van der Waals surface area (Å²) in [5.74, 6) is 1.49. The molecule has 0 unspecified atom stereocenters. The minimum Gasteiger partial charge on any atom is -0.353 e. The van der Waals surface area contributed by atoms with Gasteiger partial charge in [0.1, 0.15) is 0 Å². The molecule has 0 atom stereocenters. The average Bonchev–Trinajstić information content (AvgIpc) is 2.95. The molecule has 3 rings (SSSR count). The summed E-state index contributed by atoms with van der Waals surface area (Å²) in [6, 6.07) is 9.89. The number of imidazole rings is 1. The molecular weight excluding hydrogens is 282 g/mol. The van der Waals surface area contributed by atoms with Gasteiger partial charge in [-0.1, -0.05) is 33.2 Å². The van der Waals surface area contributed by atoms with Crippen LogP contribution in [0.3, 0.4) is 0 Å². The third-order valence-corrected chi connectivity index (χ3v) is 3.28. The molecule has 17 heavy (non-hydrogen) atoms. The van der Waals surface area contributed by atoms with Crippen molar-refractivity contribution in [1.29, 1.82) is 0 Å². The second-order valence-corrected chi connectivity index (χ2v) is 4.36. The Morgan fingerprint density at radius 1 is 1.35 bits per heavy atom. The Hall–Kier alpha value is -1.62. The van der Waals surface area contributed by atoms with Gasteiger partial charge in [0, 0.05) is 18.4 Å². The summed E-state index contributed by atoms with van der Waals surface area (Å²) in [6.07, 6.45) is 0. The van der Waals surface area contributed by atoms with Crippen LogP contribution in [-0.2, 0) is 12.4 Å². The zero-order valence-electron chi connectivity index (χ0n) is 9.22. The number of nitrogens with zero attached hydrogens (tertiary/aromatic N) is 3. The summed E-state index contributed by atoms with van der Waals surface area (Å²) in [6.45, 7) is 0. The number of hydrogen-bond donors (Lipinski definition) is 0. The summed E-state index contributed by atoms with van der Waals surface area (Å²) in [5.41, 5.74) is 2.91.